The summed E-state index contributed by atoms with van der Waals surface area (Å²) < 4.78 is 32.8. The maximum atomic E-state index is 11.8. The predicted molar refractivity (Wildman–Crippen MR) is 110 cm³/mol. The Morgan fingerprint density at radius 2 is 1.15 bits per heavy atom. The second-order valence-electron chi connectivity index (χ2n) is 7.12. The highest BCUT2D eigenvalue weighted by Gasteiger charge is 2.20. The number of unbranched alkanes of at least 4 members (excludes halogenated alkanes) is 2. The highest BCUT2D eigenvalue weighted by molar-refractivity contribution is 7.47. The van der Waals surface area contributed by atoms with Crippen LogP contribution in [0.4, 0.5) is 0 Å². The first-order chi connectivity index (χ1) is 13.0. The van der Waals surface area contributed by atoms with Gasteiger partial charge in [0.05, 0.1) is 26.4 Å². The van der Waals surface area contributed by atoms with E-state index < -0.39 is 7.82 Å². The molecule has 0 aromatic heterocycles. The molecule has 0 aromatic rings. The number of phosphoric ester groups is 1. The average Bonchev–Trinajstić information content (AvgIpc) is 2.66. The molecule has 0 radical (unpaired) electrons. The highest BCUT2D eigenvalue weighted by atomic mass is 31.2. The minimum atomic E-state index is -4.03. The Morgan fingerprint density at radius 3 is 1.48 bits per heavy atom. The maximum Gasteiger partial charge on any atom is 0.472 e. The van der Waals surface area contributed by atoms with Crippen molar-refractivity contribution in [2.75, 3.05) is 39.6 Å². The van der Waals surface area contributed by atoms with E-state index in [4.69, 9.17) is 18.5 Å². The van der Waals surface area contributed by atoms with Crippen LogP contribution in [-0.4, -0.2) is 44.5 Å². The zero-order chi connectivity index (χ0) is 20.4. The van der Waals surface area contributed by atoms with Gasteiger partial charge in [0.15, 0.2) is 0 Å². The summed E-state index contributed by atoms with van der Waals surface area (Å²) >= 11 is 0. The van der Waals surface area contributed by atoms with Gasteiger partial charge in [0.25, 0.3) is 0 Å². The third-order valence-electron chi connectivity index (χ3n) is 4.76. The largest absolute Gasteiger partial charge is 0.472 e. The van der Waals surface area contributed by atoms with Crippen molar-refractivity contribution in [1.29, 1.82) is 0 Å². The Labute approximate surface area is 166 Å². The summed E-state index contributed by atoms with van der Waals surface area (Å²) in [5.41, 5.74) is 0. The molecule has 0 fully saturated rings. The topological polar surface area (TPSA) is 74.2 Å². The van der Waals surface area contributed by atoms with Gasteiger partial charge in [-0.2, -0.15) is 0 Å². The first kappa shape index (κ1) is 27.0. The molecule has 27 heavy (non-hydrogen) atoms. The minimum absolute atomic E-state index is 0.0494. The molecule has 0 saturated heterocycles. The van der Waals surface area contributed by atoms with Crippen molar-refractivity contribution in [3.8, 4) is 0 Å². The molecule has 0 saturated carbocycles. The lowest BCUT2D eigenvalue weighted by molar-refractivity contribution is 0.0396. The van der Waals surface area contributed by atoms with Crippen LogP contribution < -0.4 is 0 Å². The molecule has 7 heteroatoms. The molecule has 0 spiro atoms. The van der Waals surface area contributed by atoms with Crippen LogP contribution in [0.1, 0.15) is 79.1 Å². The number of hydrogen-bond acceptors (Lipinski definition) is 5. The van der Waals surface area contributed by atoms with E-state index in [-0.39, 0.29) is 13.2 Å². The highest BCUT2D eigenvalue weighted by Crippen LogP contribution is 2.42. The fraction of sp³-hybridized carbons (Fsp3) is 1.00. The van der Waals surface area contributed by atoms with Gasteiger partial charge < -0.3 is 14.4 Å². The van der Waals surface area contributed by atoms with Crippen LogP contribution in [0.2, 0.25) is 0 Å². The van der Waals surface area contributed by atoms with Crippen molar-refractivity contribution in [1.82, 2.24) is 0 Å². The fourth-order valence-corrected chi connectivity index (χ4v) is 3.44. The lowest BCUT2D eigenvalue weighted by Gasteiger charge is -2.16. The summed E-state index contributed by atoms with van der Waals surface area (Å²) in [6, 6.07) is 0. The molecule has 0 rings (SSSR count). The second-order valence-corrected chi connectivity index (χ2v) is 8.57. The van der Waals surface area contributed by atoms with Gasteiger partial charge in [-0.3, -0.25) is 9.05 Å². The summed E-state index contributed by atoms with van der Waals surface area (Å²) in [6.07, 6.45) is 9.27. The molecule has 0 aliphatic heterocycles. The average molecular weight is 411 g/mol. The Kier molecular flexibility index (Phi) is 18.1. The SMILES string of the molecule is CCCCC(CC)COCCOP(=O)(O)OCCOCC(CC)CCCC. The third kappa shape index (κ3) is 16.7. The zero-order valence-electron chi connectivity index (χ0n) is 18.0. The Hall–Kier alpha value is 0.0300. The van der Waals surface area contributed by atoms with Gasteiger partial charge in [-0.05, 0) is 24.7 Å². The van der Waals surface area contributed by atoms with Crippen molar-refractivity contribution >= 4 is 7.82 Å². The minimum Gasteiger partial charge on any atom is -0.379 e. The summed E-state index contributed by atoms with van der Waals surface area (Å²) in [5, 5.41) is 0. The molecule has 164 valence electrons. The summed E-state index contributed by atoms with van der Waals surface area (Å²) in [4.78, 5) is 9.66. The Morgan fingerprint density at radius 1 is 0.741 bits per heavy atom. The Balaban J connectivity index is 3.72. The quantitative estimate of drug-likeness (QED) is 0.208. The smallest absolute Gasteiger partial charge is 0.379 e. The van der Waals surface area contributed by atoms with Crippen LogP contribution in [0.15, 0.2) is 0 Å². The lowest BCUT2D eigenvalue weighted by Crippen LogP contribution is -2.13. The van der Waals surface area contributed by atoms with Crippen LogP contribution in [0.5, 0.6) is 0 Å². The van der Waals surface area contributed by atoms with Gasteiger partial charge in [0.2, 0.25) is 0 Å². The van der Waals surface area contributed by atoms with Crippen LogP contribution in [-0.2, 0) is 23.1 Å². The molecule has 0 aliphatic carbocycles. The fourth-order valence-electron chi connectivity index (χ4n) is 2.76. The molecule has 2 atom stereocenters. The van der Waals surface area contributed by atoms with E-state index in [0.29, 0.717) is 38.3 Å². The van der Waals surface area contributed by atoms with Crippen molar-refractivity contribution in [3.63, 3.8) is 0 Å². The van der Waals surface area contributed by atoms with E-state index in [0.717, 1.165) is 25.7 Å². The van der Waals surface area contributed by atoms with Gasteiger partial charge in [0.1, 0.15) is 0 Å². The van der Waals surface area contributed by atoms with Crippen molar-refractivity contribution in [2.24, 2.45) is 11.8 Å². The molecule has 0 amide bonds. The molecule has 6 nitrogen and oxygen atoms in total. The van der Waals surface area contributed by atoms with Crippen LogP contribution in [0.25, 0.3) is 0 Å². The van der Waals surface area contributed by atoms with Gasteiger partial charge in [-0.1, -0.05) is 66.2 Å². The van der Waals surface area contributed by atoms with Gasteiger partial charge in [-0.15, -0.1) is 0 Å². The number of rotatable bonds is 20. The van der Waals surface area contributed by atoms with Crippen molar-refractivity contribution < 1.29 is 28.0 Å². The Bertz CT molecular complexity index is 336. The first-order valence-electron chi connectivity index (χ1n) is 10.8. The first-order valence-corrected chi connectivity index (χ1v) is 12.3. The standard InChI is InChI=1S/C20H43O6P/c1-5-9-11-19(7-3)17-23-13-15-25-27(21,22)26-16-14-24-18-20(8-4)12-10-6-2/h19-20H,5-18H2,1-4H3,(H,21,22). The third-order valence-corrected chi connectivity index (χ3v) is 5.78. The predicted octanol–water partition coefficient (Wildman–Crippen LogP) is 5.59. The van der Waals surface area contributed by atoms with Gasteiger partial charge >= 0.3 is 7.82 Å². The molecule has 1 N–H and O–H groups in total. The van der Waals surface area contributed by atoms with E-state index in [9.17, 15) is 9.46 Å². The monoisotopic (exact) mass is 410 g/mol. The molecular formula is C20H43O6P. The molecule has 0 aliphatic rings. The van der Waals surface area contributed by atoms with Crippen LogP contribution in [0, 0.1) is 11.8 Å². The molecule has 2 unspecified atom stereocenters. The van der Waals surface area contributed by atoms with Crippen LogP contribution in [0.3, 0.4) is 0 Å². The summed E-state index contributed by atoms with van der Waals surface area (Å²) in [7, 11) is -4.03. The maximum absolute atomic E-state index is 11.8. The van der Waals surface area contributed by atoms with Crippen LogP contribution >= 0.6 is 7.82 Å². The summed E-state index contributed by atoms with van der Waals surface area (Å²) in [5.74, 6) is 1.09. The summed E-state index contributed by atoms with van der Waals surface area (Å²) in [6.45, 7) is 10.7. The zero-order valence-corrected chi connectivity index (χ0v) is 18.9. The van der Waals surface area contributed by atoms with E-state index >= 15 is 0 Å². The van der Waals surface area contributed by atoms with E-state index in [2.05, 4.69) is 27.7 Å². The molecule has 0 bridgehead atoms. The van der Waals surface area contributed by atoms with Crippen molar-refractivity contribution in [3.05, 3.63) is 0 Å². The van der Waals surface area contributed by atoms with Crippen molar-refractivity contribution in [2.45, 2.75) is 79.1 Å². The van der Waals surface area contributed by atoms with E-state index in [1.165, 1.54) is 25.7 Å². The molecule has 0 aromatic carbocycles. The molecule has 0 heterocycles. The normalized spacial score (nSPS) is 16.2. The van der Waals surface area contributed by atoms with Gasteiger partial charge in [-0.25, -0.2) is 4.57 Å². The number of hydrogen-bond donors (Lipinski definition) is 1. The molecular weight excluding hydrogens is 367 g/mol. The number of phosphoric acid groups is 1. The van der Waals surface area contributed by atoms with E-state index in [1.54, 1.807) is 0 Å². The van der Waals surface area contributed by atoms with Gasteiger partial charge in [0, 0.05) is 13.2 Å². The second kappa shape index (κ2) is 18.1. The number of ether oxygens (including phenoxy) is 2. The van der Waals surface area contributed by atoms with E-state index in [1.807, 2.05) is 0 Å². The lowest BCUT2D eigenvalue weighted by atomic mass is 10.0.